The van der Waals surface area contributed by atoms with Gasteiger partial charge in [0.05, 0.1) is 40.2 Å². The highest BCUT2D eigenvalue weighted by Gasteiger charge is 2.44. The molecule has 2 aromatic carbocycles. The van der Waals surface area contributed by atoms with Crippen LogP contribution in [0.5, 0.6) is 5.75 Å². The first-order valence-corrected chi connectivity index (χ1v) is 14.6. The molecule has 2 fully saturated rings. The van der Waals surface area contributed by atoms with Crippen LogP contribution >= 0.6 is 0 Å². The Balaban J connectivity index is 1.51. The topological polar surface area (TPSA) is 137 Å². The molecule has 204 valence electrons. The monoisotopic (exact) mass is 541 g/mol. The fourth-order valence-corrected chi connectivity index (χ4v) is 5.70. The molecule has 10 nitrogen and oxygen atoms in total. The fourth-order valence-electron chi connectivity index (χ4n) is 4.88. The fraction of sp³-hybridized carbons (Fsp3) is 0.481. The lowest BCUT2D eigenvalue weighted by Gasteiger charge is -2.35. The number of piperidine rings is 1. The molecule has 2 aliphatic rings. The second kappa shape index (κ2) is 10.2. The molecule has 1 aromatic heterocycles. The molecule has 1 aliphatic carbocycles. The number of aromatic nitrogens is 2. The second-order valence-electron chi connectivity index (χ2n) is 11.0. The van der Waals surface area contributed by atoms with Crippen molar-refractivity contribution in [1.29, 1.82) is 0 Å². The molecule has 1 saturated heterocycles. The zero-order valence-corrected chi connectivity index (χ0v) is 22.6. The van der Waals surface area contributed by atoms with E-state index in [1.807, 2.05) is 30.3 Å². The maximum absolute atomic E-state index is 12.4. The quantitative estimate of drug-likeness (QED) is 0.303. The number of hydrogen-bond donors (Lipinski definition) is 4. The number of nitrogens with zero attached hydrogens (tertiary/aromatic N) is 3. The first kappa shape index (κ1) is 26.5. The summed E-state index contributed by atoms with van der Waals surface area (Å²) in [5.74, 6) is 0.831. The van der Waals surface area contributed by atoms with E-state index in [0.717, 1.165) is 42.7 Å². The molecule has 5 rings (SSSR count). The van der Waals surface area contributed by atoms with Crippen molar-refractivity contribution in [3.8, 4) is 5.75 Å². The molecular formula is C27H35N5O5S. The Morgan fingerprint density at radius 2 is 1.84 bits per heavy atom. The summed E-state index contributed by atoms with van der Waals surface area (Å²) in [6.07, 6.45) is 6.22. The van der Waals surface area contributed by atoms with E-state index >= 15 is 0 Å². The van der Waals surface area contributed by atoms with Crippen LogP contribution in [0.1, 0.15) is 39.5 Å². The SMILES string of the molecule is CC(C)(O)COc1cccc(Nc2ncnc3cc(NS(=O)(=O)CCO)cc(N4CCC5(CC4)CC5)c23)c1. The number of anilines is 4. The zero-order valence-electron chi connectivity index (χ0n) is 21.8. The van der Waals surface area contributed by atoms with Crippen molar-refractivity contribution in [2.24, 2.45) is 5.41 Å². The van der Waals surface area contributed by atoms with Crippen molar-refractivity contribution in [3.63, 3.8) is 0 Å². The van der Waals surface area contributed by atoms with Gasteiger partial charge in [-0.2, -0.15) is 0 Å². The Hall–Kier alpha value is -3.15. The van der Waals surface area contributed by atoms with E-state index in [2.05, 4.69) is 24.9 Å². The number of nitrogens with one attached hydrogen (secondary N) is 2. The van der Waals surface area contributed by atoms with Crippen molar-refractivity contribution < 1.29 is 23.4 Å². The first-order valence-electron chi connectivity index (χ1n) is 12.9. The second-order valence-corrected chi connectivity index (χ2v) is 12.8. The number of benzene rings is 2. The minimum Gasteiger partial charge on any atom is -0.491 e. The van der Waals surface area contributed by atoms with Crippen LogP contribution in [0, 0.1) is 5.41 Å². The average molecular weight is 542 g/mol. The van der Waals surface area contributed by atoms with Crippen LogP contribution in [-0.4, -0.2) is 66.3 Å². The molecule has 4 N–H and O–H groups in total. The van der Waals surface area contributed by atoms with Gasteiger partial charge in [-0.25, -0.2) is 18.4 Å². The minimum absolute atomic E-state index is 0.155. The molecule has 11 heteroatoms. The Labute approximate surface area is 223 Å². The van der Waals surface area contributed by atoms with Gasteiger partial charge in [-0.15, -0.1) is 0 Å². The van der Waals surface area contributed by atoms with Crippen LogP contribution in [0.3, 0.4) is 0 Å². The normalized spacial score (nSPS) is 17.0. The van der Waals surface area contributed by atoms with Crippen LogP contribution in [0.4, 0.5) is 22.9 Å². The molecule has 3 aromatic rings. The van der Waals surface area contributed by atoms with Gasteiger partial charge in [-0.05, 0) is 69.2 Å². The number of ether oxygens (including phenoxy) is 1. The highest BCUT2D eigenvalue weighted by Crippen LogP contribution is 2.54. The maximum atomic E-state index is 12.4. The number of aliphatic hydroxyl groups is 2. The number of aliphatic hydroxyl groups excluding tert-OH is 1. The summed E-state index contributed by atoms with van der Waals surface area (Å²) < 4.78 is 33.2. The highest BCUT2D eigenvalue weighted by atomic mass is 32.2. The third-order valence-corrected chi connectivity index (χ3v) is 8.43. The van der Waals surface area contributed by atoms with Gasteiger partial charge in [0.1, 0.15) is 24.5 Å². The van der Waals surface area contributed by atoms with E-state index in [0.29, 0.717) is 28.2 Å². The Bertz CT molecular complexity index is 1410. The summed E-state index contributed by atoms with van der Waals surface area (Å²) in [5, 5.41) is 23.3. The maximum Gasteiger partial charge on any atom is 0.234 e. The van der Waals surface area contributed by atoms with Gasteiger partial charge in [0.2, 0.25) is 10.0 Å². The zero-order chi connectivity index (χ0) is 27.0. The molecule has 1 saturated carbocycles. The molecule has 0 radical (unpaired) electrons. The van der Waals surface area contributed by atoms with E-state index in [9.17, 15) is 13.5 Å². The standard InChI is InChI=1S/C27H35N5O5S/c1-26(2,34)17-37-21-5-3-4-19(14-21)30-25-24-22(28-18-29-25)15-20(31-38(35,36)13-12-33)16-23(24)32-10-8-27(6-7-27)9-11-32/h3-5,14-16,18,31,33-34H,6-13,17H2,1-2H3,(H,28,29,30). The third-order valence-electron chi connectivity index (χ3n) is 7.16. The van der Waals surface area contributed by atoms with Crippen LogP contribution in [0.15, 0.2) is 42.7 Å². The lowest BCUT2D eigenvalue weighted by molar-refractivity contribution is 0.0285. The van der Waals surface area contributed by atoms with E-state index in [1.165, 1.54) is 19.2 Å². The van der Waals surface area contributed by atoms with Gasteiger partial charge in [0.25, 0.3) is 0 Å². The van der Waals surface area contributed by atoms with Crippen LogP contribution in [-0.2, 0) is 10.0 Å². The summed E-state index contributed by atoms with van der Waals surface area (Å²) in [7, 11) is -3.70. The highest BCUT2D eigenvalue weighted by molar-refractivity contribution is 7.92. The van der Waals surface area contributed by atoms with Crippen molar-refractivity contribution in [2.45, 2.75) is 45.1 Å². The summed E-state index contributed by atoms with van der Waals surface area (Å²) in [5.41, 5.74) is 2.14. The lowest BCUT2D eigenvalue weighted by Crippen LogP contribution is -2.34. The van der Waals surface area contributed by atoms with Crippen molar-refractivity contribution in [3.05, 3.63) is 42.7 Å². The third kappa shape index (κ3) is 6.28. The predicted molar refractivity (Wildman–Crippen MR) is 149 cm³/mol. The van der Waals surface area contributed by atoms with Gasteiger partial charge in [0.15, 0.2) is 0 Å². The molecule has 38 heavy (non-hydrogen) atoms. The number of sulfonamides is 1. The van der Waals surface area contributed by atoms with E-state index < -0.39 is 22.2 Å². The summed E-state index contributed by atoms with van der Waals surface area (Å²) in [6.45, 7) is 4.81. The molecule has 1 aliphatic heterocycles. The molecule has 0 bridgehead atoms. The first-order chi connectivity index (χ1) is 18.0. The Morgan fingerprint density at radius 3 is 2.53 bits per heavy atom. The molecule has 1 spiro atoms. The summed E-state index contributed by atoms with van der Waals surface area (Å²) in [6, 6.07) is 11.0. The number of hydrogen-bond acceptors (Lipinski definition) is 9. The molecule has 0 amide bonds. The summed E-state index contributed by atoms with van der Waals surface area (Å²) >= 11 is 0. The van der Waals surface area contributed by atoms with Crippen LogP contribution < -0.4 is 19.7 Å². The largest absolute Gasteiger partial charge is 0.491 e. The van der Waals surface area contributed by atoms with Crippen molar-refractivity contribution in [1.82, 2.24) is 9.97 Å². The molecular weight excluding hydrogens is 506 g/mol. The average Bonchev–Trinajstić information content (AvgIpc) is 3.61. The molecule has 0 unspecified atom stereocenters. The van der Waals surface area contributed by atoms with Crippen molar-refractivity contribution >= 4 is 43.8 Å². The minimum atomic E-state index is -3.70. The lowest BCUT2D eigenvalue weighted by atomic mass is 9.93. The number of rotatable bonds is 10. The predicted octanol–water partition coefficient (Wildman–Crippen LogP) is 3.64. The van der Waals surface area contributed by atoms with Gasteiger partial charge in [0, 0.05) is 24.8 Å². The smallest absolute Gasteiger partial charge is 0.234 e. The van der Waals surface area contributed by atoms with Gasteiger partial charge >= 0.3 is 0 Å². The summed E-state index contributed by atoms with van der Waals surface area (Å²) in [4.78, 5) is 11.3. The van der Waals surface area contributed by atoms with Gasteiger partial charge in [-0.3, -0.25) is 4.72 Å². The van der Waals surface area contributed by atoms with Gasteiger partial charge < -0.3 is 25.2 Å². The van der Waals surface area contributed by atoms with E-state index in [-0.39, 0.29) is 12.4 Å². The van der Waals surface area contributed by atoms with Crippen LogP contribution in [0.2, 0.25) is 0 Å². The molecule has 2 heterocycles. The Morgan fingerprint density at radius 1 is 1.08 bits per heavy atom. The van der Waals surface area contributed by atoms with Crippen LogP contribution in [0.25, 0.3) is 10.9 Å². The van der Waals surface area contributed by atoms with E-state index in [4.69, 9.17) is 9.84 Å². The van der Waals surface area contributed by atoms with E-state index in [1.54, 1.807) is 19.9 Å². The Kier molecular flexibility index (Phi) is 7.10. The molecule has 0 atom stereocenters. The van der Waals surface area contributed by atoms with Gasteiger partial charge in [-0.1, -0.05) is 6.07 Å². The van der Waals surface area contributed by atoms with Crippen molar-refractivity contribution in [2.75, 3.05) is 47.0 Å². The number of fused-ring (bicyclic) bond motifs is 1.